The van der Waals surface area contributed by atoms with Gasteiger partial charge in [-0.1, -0.05) is 27.7 Å². The average molecular weight is 470 g/mol. The van der Waals surface area contributed by atoms with E-state index in [4.69, 9.17) is 13.3 Å². The van der Waals surface area contributed by atoms with Gasteiger partial charge >= 0.3 is 8.80 Å². The Morgan fingerprint density at radius 3 is 1.35 bits per heavy atom. The monoisotopic (exact) mass is 470 g/mol. The zero-order valence-corrected chi connectivity index (χ0v) is 18.5. The quantitative estimate of drug-likeness (QED) is 0.219. The molecule has 0 bridgehead atoms. The summed E-state index contributed by atoms with van der Waals surface area (Å²) in [5, 5.41) is 0. The summed E-state index contributed by atoms with van der Waals surface area (Å²) in [7, 11) is -4.39. The fourth-order valence-corrected chi connectivity index (χ4v) is 5.45. The van der Waals surface area contributed by atoms with Crippen molar-refractivity contribution in [3.63, 3.8) is 0 Å². The Kier molecular flexibility index (Phi) is 9.60. The van der Waals surface area contributed by atoms with E-state index in [9.17, 15) is 36.3 Å². The molecule has 0 aliphatic rings. The maximum Gasteiger partial charge on any atom is 0.705 e. The minimum absolute atomic E-state index is 0.159. The third kappa shape index (κ3) is 6.74. The smallest absolute Gasteiger partial charge is 0.455 e. The number of carbonyl (C=O) groups is 3. The maximum atomic E-state index is 14.0. The van der Waals surface area contributed by atoms with Crippen molar-refractivity contribution in [3.05, 3.63) is 34.6 Å². The molecular formula is C19H23F5O6Si. The molecule has 1 aromatic rings. The van der Waals surface area contributed by atoms with Crippen molar-refractivity contribution in [2.24, 2.45) is 5.92 Å². The predicted molar refractivity (Wildman–Crippen MR) is 98.8 cm³/mol. The van der Waals surface area contributed by atoms with Gasteiger partial charge in [0.25, 0.3) is 17.9 Å². The molecule has 0 saturated carbocycles. The van der Waals surface area contributed by atoms with Gasteiger partial charge in [0.2, 0.25) is 5.82 Å². The van der Waals surface area contributed by atoms with Crippen molar-refractivity contribution in [1.82, 2.24) is 0 Å². The number of hydrogen-bond donors (Lipinski definition) is 0. The van der Waals surface area contributed by atoms with Crippen LogP contribution in [0, 0.1) is 35.0 Å². The molecule has 0 aliphatic heterocycles. The van der Waals surface area contributed by atoms with Gasteiger partial charge in [0.1, 0.15) is 0 Å². The Balaban J connectivity index is 3.33. The van der Waals surface area contributed by atoms with Crippen molar-refractivity contribution < 1.29 is 49.6 Å². The van der Waals surface area contributed by atoms with Gasteiger partial charge in [-0.2, -0.15) is 0 Å². The van der Waals surface area contributed by atoms with Gasteiger partial charge < -0.3 is 13.3 Å². The van der Waals surface area contributed by atoms with Crippen LogP contribution in [0.4, 0.5) is 22.0 Å². The highest BCUT2D eigenvalue weighted by Gasteiger charge is 2.53. The van der Waals surface area contributed by atoms with Gasteiger partial charge in [0.15, 0.2) is 23.3 Å². The standard InChI is InChI=1S/C19H23F5O6Si/c1-5-12(25)28-31(29-13(26)6-2,30-14(27)7-3)9-10(4)8-11-15(20)17(22)19(24)18(23)16(11)21/h10H,5-9H2,1-4H3. The maximum absolute atomic E-state index is 14.0. The number of carbonyl (C=O) groups excluding carboxylic acids is 3. The summed E-state index contributed by atoms with van der Waals surface area (Å²) >= 11 is 0. The van der Waals surface area contributed by atoms with Crippen LogP contribution in [-0.2, 0) is 34.1 Å². The van der Waals surface area contributed by atoms with Crippen molar-refractivity contribution in [1.29, 1.82) is 0 Å². The van der Waals surface area contributed by atoms with E-state index in [1.807, 2.05) is 0 Å². The third-order valence-corrected chi connectivity index (χ3v) is 6.94. The molecule has 6 nitrogen and oxygen atoms in total. The molecular weight excluding hydrogens is 447 g/mol. The van der Waals surface area contributed by atoms with Crippen LogP contribution in [0.3, 0.4) is 0 Å². The van der Waals surface area contributed by atoms with Gasteiger partial charge in [-0.25, -0.2) is 22.0 Å². The molecule has 0 amide bonds. The van der Waals surface area contributed by atoms with Gasteiger partial charge in [0.05, 0.1) is 6.04 Å². The first-order valence-corrected chi connectivity index (χ1v) is 11.5. The summed E-state index contributed by atoms with van der Waals surface area (Å²) in [5.41, 5.74) is -1.09. The highest BCUT2D eigenvalue weighted by molar-refractivity contribution is 6.65. The lowest BCUT2D eigenvalue weighted by atomic mass is 10.0. The van der Waals surface area contributed by atoms with Crippen molar-refractivity contribution in [2.75, 3.05) is 0 Å². The number of benzene rings is 1. The molecule has 0 radical (unpaired) electrons. The molecule has 1 unspecified atom stereocenters. The summed E-state index contributed by atoms with van der Waals surface area (Å²) in [4.78, 5) is 35.7. The Bertz CT molecular complexity index is 773. The van der Waals surface area contributed by atoms with Gasteiger partial charge in [-0.15, -0.1) is 0 Å². The molecule has 0 N–H and O–H groups in total. The Morgan fingerprint density at radius 1 is 0.710 bits per heavy atom. The van der Waals surface area contributed by atoms with Crippen molar-refractivity contribution in [2.45, 2.75) is 59.4 Å². The van der Waals surface area contributed by atoms with E-state index in [0.29, 0.717) is 0 Å². The first-order valence-electron chi connectivity index (χ1n) is 9.56. The highest BCUT2D eigenvalue weighted by atomic mass is 28.4. The van der Waals surface area contributed by atoms with Crippen LogP contribution in [0.1, 0.15) is 52.5 Å². The van der Waals surface area contributed by atoms with Crippen LogP contribution in [0.2, 0.25) is 6.04 Å². The van der Waals surface area contributed by atoms with E-state index in [2.05, 4.69) is 0 Å². The van der Waals surface area contributed by atoms with E-state index < -0.39 is 79.7 Å². The second kappa shape index (κ2) is 11.2. The second-order valence-corrected chi connectivity index (χ2v) is 9.11. The molecule has 0 spiro atoms. The summed E-state index contributed by atoms with van der Waals surface area (Å²) in [6.07, 6.45) is -1.17. The van der Waals surface area contributed by atoms with E-state index in [1.54, 1.807) is 0 Å². The second-order valence-electron chi connectivity index (χ2n) is 6.73. The largest absolute Gasteiger partial charge is 0.705 e. The van der Waals surface area contributed by atoms with Crippen LogP contribution in [0.15, 0.2) is 0 Å². The molecule has 0 fully saturated rings. The average Bonchev–Trinajstić information content (AvgIpc) is 2.73. The zero-order valence-electron chi connectivity index (χ0n) is 17.5. The van der Waals surface area contributed by atoms with E-state index in [1.165, 1.54) is 27.7 Å². The molecule has 31 heavy (non-hydrogen) atoms. The highest BCUT2D eigenvalue weighted by Crippen LogP contribution is 2.30. The fourth-order valence-electron chi connectivity index (χ4n) is 2.60. The van der Waals surface area contributed by atoms with E-state index in [-0.39, 0.29) is 19.3 Å². The van der Waals surface area contributed by atoms with Crippen LogP contribution < -0.4 is 0 Å². The molecule has 12 heteroatoms. The minimum atomic E-state index is -4.39. The number of hydrogen-bond acceptors (Lipinski definition) is 6. The van der Waals surface area contributed by atoms with Crippen molar-refractivity contribution in [3.8, 4) is 0 Å². The summed E-state index contributed by atoms with van der Waals surface area (Å²) in [6, 6.07) is -0.476. The van der Waals surface area contributed by atoms with Gasteiger partial charge in [-0.3, -0.25) is 14.4 Å². The molecule has 1 aromatic carbocycles. The van der Waals surface area contributed by atoms with Gasteiger partial charge in [0, 0.05) is 24.8 Å². The minimum Gasteiger partial charge on any atom is -0.455 e. The molecule has 0 aromatic heterocycles. The predicted octanol–water partition coefficient (Wildman–Crippen LogP) is 4.36. The summed E-state index contributed by atoms with van der Waals surface area (Å²) in [6.45, 7) is 5.63. The Morgan fingerprint density at radius 2 is 1.03 bits per heavy atom. The van der Waals surface area contributed by atoms with Crippen molar-refractivity contribution >= 4 is 26.7 Å². The van der Waals surface area contributed by atoms with Gasteiger partial charge in [-0.05, 0) is 12.3 Å². The summed E-state index contributed by atoms with van der Waals surface area (Å²) in [5.74, 6) is -14.0. The Labute approximate surface area is 177 Å². The van der Waals surface area contributed by atoms with E-state index in [0.717, 1.165) is 0 Å². The van der Waals surface area contributed by atoms with E-state index >= 15 is 0 Å². The van der Waals surface area contributed by atoms with Crippen LogP contribution >= 0.6 is 0 Å². The fraction of sp³-hybridized carbons (Fsp3) is 0.526. The molecule has 0 heterocycles. The lowest BCUT2D eigenvalue weighted by Crippen LogP contribution is -2.51. The van der Waals surface area contributed by atoms with Crippen LogP contribution in [0.5, 0.6) is 0 Å². The van der Waals surface area contributed by atoms with Crippen LogP contribution in [-0.4, -0.2) is 26.7 Å². The van der Waals surface area contributed by atoms with Crippen LogP contribution in [0.25, 0.3) is 0 Å². The Hall–Kier alpha value is -2.50. The molecule has 1 atom stereocenters. The zero-order chi connectivity index (χ0) is 23.9. The normalized spacial score (nSPS) is 12.3. The first kappa shape index (κ1) is 26.5. The molecule has 174 valence electrons. The number of halogens is 5. The molecule has 0 aliphatic carbocycles. The molecule has 1 rings (SSSR count). The summed E-state index contributed by atoms with van der Waals surface area (Å²) < 4.78 is 83.8. The third-order valence-electron chi connectivity index (χ3n) is 4.13. The topological polar surface area (TPSA) is 78.9 Å². The number of rotatable bonds is 10. The molecule has 0 saturated heterocycles. The first-order chi connectivity index (χ1) is 14.4. The lowest BCUT2D eigenvalue weighted by Gasteiger charge is -2.29. The SMILES string of the molecule is CCC(=O)O[Si](CC(C)Cc1c(F)c(F)c(F)c(F)c1F)(OC(=O)CC)OC(=O)CC. The lowest BCUT2D eigenvalue weighted by molar-refractivity contribution is -0.150.